The van der Waals surface area contributed by atoms with Crippen molar-refractivity contribution in [2.75, 3.05) is 13.6 Å². The molecule has 124 valence electrons. The highest BCUT2D eigenvalue weighted by atomic mass is 16.3. The van der Waals surface area contributed by atoms with E-state index in [1.807, 2.05) is 22.9 Å². The standard InChI is InChI=1S/C19H27N3O/c1-15-18(13-21(3)14-19(23)11-7-8-12-19)16(2)22(20-15)17-9-5-4-6-10-17/h4-6,9-10,23H,7-8,11-14H2,1-3H3. The molecule has 0 unspecified atom stereocenters. The molecule has 1 aromatic carbocycles. The summed E-state index contributed by atoms with van der Waals surface area (Å²) in [6.07, 6.45) is 4.15. The number of nitrogens with zero attached hydrogens (tertiary/aromatic N) is 3. The van der Waals surface area contributed by atoms with Crippen molar-refractivity contribution in [1.29, 1.82) is 0 Å². The number of hydrogen-bond donors (Lipinski definition) is 1. The van der Waals surface area contributed by atoms with Crippen LogP contribution in [0.3, 0.4) is 0 Å². The molecule has 3 rings (SSSR count). The van der Waals surface area contributed by atoms with E-state index in [1.54, 1.807) is 0 Å². The minimum Gasteiger partial charge on any atom is -0.389 e. The fraction of sp³-hybridized carbons (Fsp3) is 0.526. The summed E-state index contributed by atoms with van der Waals surface area (Å²) < 4.78 is 2.02. The molecule has 1 N–H and O–H groups in total. The first kappa shape index (κ1) is 16.2. The fourth-order valence-corrected chi connectivity index (χ4v) is 3.74. The van der Waals surface area contributed by atoms with Crippen molar-refractivity contribution >= 4 is 0 Å². The molecule has 23 heavy (non-hydrogen) atoms. The molecule has 1 saturated carbocycles. The molecule has 1 aliphatic rings. The average Bonchev–Trinajstić information content (AvgIpc) is 3.06. The van der Waals surface area contributed by atoms with Gasteiger partial charge in [-0.15, -0.1) is 0 Å². The lowest BCUT2D eigenvalue weighted by atomic mass is 10.0. The van der Waals surface area contributed by atoms with E-state index in [9.17, 15) is 5.11 Å². The monoisotopic (exact) mass is 313 g/mol. The summed E-state index contributed by atoms with van der Waals surface area (Å²) in [6, 6.07) is 10.2. The molecular formula is C19H27N3O. The second-order valence-corrected chi connectivity index (χ2v) is 7.00. The van der Waals surface area contributed by atoms with Crippen LogP contribution in [0.1, 0.15) is 42.6 Å². The SMILES string of the molecule is Cc1nn(-c2ccccc2)c(C)c1CN(C)CC1(O)CCCC1. The third-order valence-corrected chi connectivity index (χ3v) is 4.97. The van der Waals surface area contributed by atoms with Crippen molar-refractivity contribution in [2.45, 2.75) is 51.7 Å². The highest BCUT2D eigenvalue weighted by Crippen LogP contribution is 2.30. The number of aryl methyl sites for hydroxylation is 1. The maximum absolute atomic E-state index is 10.6. The predicted molar refractivity (Wildman–Crippen MR) is 92.8 cm³/mol. The lowest BCUT2D eigenvalue weighted by molar-refractivity contribution is 0.0144. The van der Waals surface area contributed by atoms with Gasteiger partial charge in [0.25, 0.3) is 0 Å². The van der Waals surface area contributed by atoms with Gasteiger partial charge in [0.05, 0.1) is 17.0 Å². The van der Waals surface area contributed by atoms with Crippen LogP contribution in [0.2, 0.25) is 0 Å². The zero-order valence-corrected chi connectivity index (χ0v) is 14.4. The number of hydrogen-bond acceptors (Lipinski definition) is 3. The second kappa shape index (κ2) is 6.46. The van der Waals surface area contributed by atoms with Gasteiger partial charge in [-0.2, -0.15) is 5.10 Å². The zero-order chi connectivity index (χ0) is 16.4. The summed E-state index contributed by atoms with van der Waals surface area (Å²) in [5.41, 5.74) is 4.11. The highest BCUT2D eigenvalue weighted by molar-refractivity contribution is 5.36. The van der Waals surface area contributed by atoms with Crippen LogP contribution in [0, 0.1) is 13.8 Å². The van der Waals surface area contributed by atoms with Crippen LogP contribution < -0.4 is 0 Å². The lowest BCUT2D eigenvalue weighted by Gasteiger charge is -2.28. The Hall–Kier alpha value is -1.65. The fourth-order valence-electron chi connectivity index (χ4n) is 3.74. The Morgan fingerprint density at radius 3 is 2.48 bits per heavy atom. The Balaban J connectivity index is 1.77. The van der Waals surface area contributed by atoms with E-state index in [4.69, 9.17) is 5.10 Å². The molecule has 0 amide bonds. The maximum Gasteiger partial charge on any atom is 0.0774 e. The van der Waals surface area contributed by atoms with Gasteiger partial charge in [0, 0.05) is 24.3 Å². The Bertz CT molecular complexity index is 657. The van der Waals surface area contributed by atoms with Crippen LogP contribution in [0.15, 0.2) is 30.3 Å². The Kier molecular flexibility index (Phi) is 4.55. The van der Waals surface area contributed by atoms with Crippen molar-refractivity contribution in [3.63, 3.8) is 0 Å². The van der Waals surface area contributed by atoms with Crippen LogP contribution in [-0.4, -0.2) is 39.0 Å². The molecule has 4 heteroatoms. The van der Waals surface area contributed by atoms with Gasteiger partial charge in [-0.05, 0) is 45.9 Å². The summed E-state index contributed by atoms with van der Waals surface area (Å²) in [7, 11) is 2.09. The smallest absolute Gasteiger partial charge is 0.0774 e. The summed E-state index contributed by atoms with van der Waals surface area (Å²) in [5.74, 6) is 0. The summed E-state index contributed by atoms with van der Waals surface area (Å²) >= 11 is 0. The molecule has 1 aromatic heterocycles. The van der Waals surface area contributed by atoms with Gasteiger partial charge in [-0.1, -0.05) is 31.0 Å². The van der Waals surface area contributed by atoms with E-state index in [1.165, 1.54) is 11.3 Å². The first-order chi connectivity index (χ1) is 11.0. The number of benzene rings is 1. The largest absolute Gasteiger partial charge is 0.389 e. The molecule has 1 fully saturated rings. The van der Waals surface area contributed by atoms with Gasteiger partial charge in [0.2, 0.25) is 0 Å². The number of aliphatic hydroxyl groups is 1. The van der Waals surface area contributed by atoms with Crippen molar-refractivity contribution in [3.05, 3.63) is 47.3 Å². The van der Waals surface area contributed by atoms with Crippen molar-refractivity contribution < 1.29 is 5.11 Å². The average molecular weight is 313 g/mol. The highest BCUT2D eigenvalue weighted by Gasteiger charge is 2.32. The van der Waals surface area contributed by atoms with Crippen LogP contribution >= 0.6 is 0 Å². The number of para-hydroxylation sites is 1. The van der Waals surface area contributed by atoms with Crippen molar-refractivity contribution in [3.8, 4) is 5.69 Å². The topological polar surface area (TPSA) is 41.3 Å². The van der Waals surface area contributed by atoms with E-state index in [0.29, 0.717) is 0 Å². The molecule has 0 saturated heterocycles. The van der Waals surface area contributed by atoms with E-state index in [0.717, 1.165) is 50.2 Å². The number of likely N-dealkylation sites (N-methyl/N-ethyl adjacent to an activating group) is 1. The third kappa shape index (κ3) is 3.48. The minimum absolute atomic E-state index is 0.494. The van der Waals surface area contributed by atoms with Gasteiger partial charge >= 0.3 is 0 Å². The molecule has 0 radical (unpaired) electrons. The van der Waals surface area contributed by atoms with Crippen LogP contribution in [0.5, 0.6) is 0 Å². The maximum atomic E-state index is 10.6. The van der Waals surface area contributed by atoms with Gasteiger partial charge in [0.1, 0.15) is 0 Å². The molecular weight excluding hydrogens is 286 g/mol. The predicted octanol–water partition coefficient (Wildman–Crippen LogP) is 3.23. The van der Waals surface area contributed by atoms with Crippen LogP contribution in [-0.2, 0) is 6.54 Å². The Morgan fingerprint density at radius 1 is 1.17 bits per heavy atom. The molecule has 0 aliphatic heterocycles. The van der Waals surface area contributed by atoms with E-state index >= 15 is 0 Å². The Labute approximate surface area is 138 Å². The third-order valence-electron chi connectivity index (χ3n) is 4.97. The first-order valence-electron chi connectivity index (χ1n) is 8.50. The molecule has 4 nitrogen and oxygen atoms in total. The van der Waals surface area contributed by atoms with Gasteiger partial charge in [0.15, 0.2) is 0 Å². The first-order valence-corrected chi connectivity index (χ1v) is 8.50. The molecule has 2 aromatic rings. The Morgan fingerprint density at radius 2 is 1.83 bits per heavy atom. The molecule has 0 spiro atoms. The van der Waals surface area contributed by atoms with Gasteiger partial charge in [-0.25, -0.2) is 4.68 Å². The van der Waals surface area contributed by atoms with E-state index in [2.05, 4.69) is 37.9 Å². The van der Waals surface area contributed by atoms with E-state index < -0.39 is 5.60 Å². The van der Waals surface area contributed by atoms with Gasteiger partial charge in [-0.3, -0.25) is 4.90 Å². The van der Waals surface area contributed by atoms with Crippen LogP contribution in [0.25, 0.3) is 5.69 Å². The van der Waals surface area contributed by atoms with Crippen molar-refractivity contribution in [2.24, 2.45) is 0 Å². The number of aromatic nitrogens is 2. The van der Waals surface area contributed by atoms with E-state index in [-0.39, 0.29) is 0 Å². The molecule has 0 bridgehead atoms. The summed E-state index contributed by atoms with van der Waals surface area (Å²) in [5, 5.41) is 15.3. The molecule has 1 aliphatic carbocycles. The summed E-state index contributed by atoms with van der Waals surface area (Å²) in [6.45, 7) is 5.76. The molecule has 0 atom stereocenters. The zero-order valence-electron chi connectivity index (χ0n) is 14.4. The summed E-state index contributed by atoms with van der Waals surface area (Å²) in [4.78, 5) is 2.23. The second-order valence-electron chi connectivity index (χ2n) is 7.00. The quantitative estimate of drug-likeness (QED) is 0.921. The van der Waals surface area contributed by atoms with Crippen molar-refractivity contribution in [1.82, 2.24) is 14.7 Å². The van der Waals surface area contributed by atoms with Crippen LogP contribution in [0.4, 0.5) is 0 Å². The minimum atomic E-state index is -0.494. The normalized spacial score (nSPS) is 17.1. The lowest BCUT2D eigenvalue weighted by Crippen LogP contribution is -2.38. The molecule has 1 heterocycles. The van der Waals surface area contributed by atoms with Gasteiger partial charge < -0.3 is 5.11 Å². The number of rotatable bonds is 5.